The lowest BCUT2D eigenvalue weighted by Crippen LogP contribution is -2.41. The van der Waals surface area contributed by atoms with Gasteiger partial charge < -0.3 is 33.7 Å². The Morgan fingerprint density at radius 1 is 0.705 bits per heavy atom. The van der Waals surface area contributed by atoms with E-state index in [0.29, 0.717) is 17.8 Å². The van der Waals surface area contributed by atoms with E-state index in [0.717, 1.165) is 33.4 Å². The molecule has 1 aromatic heterocycles. The van der Waals surface area contributed by atoms with Gasteiger partial charge in [-0.1, -0.05) is 24.3 Å². The van der Waals surface area contributed by atoms with Gasteiger partial charge in [-0.3, -0.25) is 9.59 Å². The Kier molecular flexibility index (Phi) is 7.24. The lowest BCUT2D eigenvalue weighted by atomic mass is 9.78. The van der Waals surface area contributed by atoms with Crippen LogP contribution in [0.1, 0.15) is 72.3 Å². The summed E-state index contributed by atoms with van der Waals surface area (Å²) in [6.07, 6.45) is 3.76. The fraction of sp³-hybridized carbons (Fsp3) is 0.394. The van der Waals surface area contributed by atoms with Crippen LogP contribution in [0.25, 0.3) is 11.6 Å². The Bertz CT molecular complexity index is 1630. The van der Waals surface area contributed by atoms with E-state index < -0.39 is 18.3 Å². The van der Waals surface area contributed by atoms with Crippen molar-refractivity contribution in [1.82, 2.24) is 0 Å². The standard InChI is InChI=1S/C19H20BNO4.C14H18BNO3/c1-18(2)19(3,4)25-20(24-18)12-7-8-16-14(10-12)15(17(22)21-16)11-13-6-5-9-23-13;1-13(2)14(3,4)19-15(18-13)10-5-6-11-9(7-10)8-12(17)16-11/h5-11H,1-4H3,(H,21,22);5-7H,8H2,1-4H3,(H,16,17)/b15-11+;. The minimum Gasteiger partial charge on any atom is -0.465 e. The van der Waals surface area contributed by atoms with Gasteiger partial charge in [-0.2, -0.15) is 0 Å². The van der Waals surface area contributed by atoms with Crippen LogP contribution in [0.3, 0.4) is 0 Å². The molecule has 5 heterocycles. The third-order valence-corrected chi connectivity index (χ3v) is 9.46. The zero-order chi connectivity index (χ0) is 31.7. The van der Waals surface area contributed by atoms with Crippen LogP contribution < -0.4 is 21.6 Å². The average molecular weight is 596 g/mol. The van der Waals surface area contributed by atoms with Crippen LogP contribution in [0.2, 0.25) is 0 Å². The fourth-order valence-electron chi connectivity index (χ4n) is 5.37. The van der Waals surface area contributed by atoms with Crippen LogP contribution in [0.4, 0.5) is 11.4 Å². The van der Waals surface area contributed by atoms with Crippen molar-refractivity contribution in [3.63, 3.8) is 0 Å². The number of amides is 2. The van der Waals surface area contributed by atoms with Crippen molar-refractivity contribution in [2.24, 2.45) is 0 Å². The second kappa shape index (κ2) is 10.5. The SMILES string of the molecule is CC1(C)OB(c2ccc3c(c2)/C(=C\c2ccco2)C(=O)N3)OC1(C)C.CC1(C)OB(c2ccc3c(c2)CC(=O)N3)OC1(C)C. The highest BCUT2D eigenvalue weighted by Gasteiger charge is 2.53. The summed E-state index contributed by atoms with van der Waals surface area (Å²) in [5.74, 6) is 0.539. The number of furan rings is 1. The maximum absolute atomic E-state index is 12.3. The molecule has 0 spiro atoms. The fourth-order valence-corrected chi connectivity index (χ4v) is 5.37. The molecule has 9 nitrogen and oxygen atoms in total. The maximum atomic E-state index is 12.3. The molecule has 7 rings (SSSR count). The lowest BCUT2D eigenvalue weighted by Gasteiger charge is -2.32. The minimum absolute atomic E-state index is 0.0427. The Balaban J connectivity index is 0.000000162. The lowest BCUT2D eigenvalue weighted by molar-refractivity contribution is -0.115. The van der Waals surface area contributed by atoms with Gasteiger partial charge in [0.2, 0.25) is 5.91 Å². The number of carbonyl (C=O) groups excluding carboxylic acids is 2. The number of rotatable bonds is 3. The number of hydrogen-bond donors (Lipinski definition) is 2. The topological polar surface area (TPSA) is 108 Å². The van der Waals surface area contributed by atoms with Gasteiger partial charge in [0.25, 0.3) is 5.91 Å². The zero-order valence-electron chi connectivity index (χ0n) is 26.5. The molecule has 44 heavy (non-hydrogen) atoms. The molecule has 11 heteroatoms. The predicted molar refractivity (Wildman–Crippen MR) is 172 cm³/mol. The number of benzene rings is 2. The van der Waals surface area contributed by atoms with Gasteiger partial charge in [0, 0.05) is 16.9 Å². The van der Waals surface area contributed by atoms with E-state index in [4.69, 9.17) is 23.0 Å². The average Bonchev–Trinajstić information content (AvgIpc) is 3.71. The minimum atomic E-state index is -0.462. The van der Waals surface area contributed by atoms with Crippen molar-refractivity contribution >= 4 is 60.0 Å². The van der Waals surface area contributed by atoms with E-state index in [1.54, 1.807) is 18.4 Å². The highest BCUT2D eigenvalue weighted by Crippen LogP contribution is 2.39. The predicted octanol–water partition coefficient (Wildman–Crippen LogP) is 4.55. The highest BCUT2D eigenvalue weighted by atomic mass is 16.7. The number of anilines is 2. The van der Waals surface area contributed by atoms with Gasteiger partial charge in [0.05, 0.1) is 40.7 Å². The molecular weight excluding hydrogens is 558 g/mol. The molecule has 0 unspecified atom stereocenters. The number of hydrogen-bond acceptors (Lipinski definition) is 7. The first-order valence-corrected chi connectivity index (χ1v) is 14.9. The smallest absolute Gasteiger partial charge is 0.465 e. The third kappa shape index (κ3) is 5.43. The monoisotopic (exact) mass is 596 g/mol. The molecule has 0 radical (unpaired) electrons. The van der Waals surface area contributed by atoms with Crippen LogP contribution >= 0.6 is 0 Å². The summed E-state index contributed by atoms with van der Waals surface area (Å²) in [6.45, 7) is 16.2. The van der Waals surface area contributed by atoms with Gasteiger partial charge in [-0.25, -0.2) is 0 Å². The van der Waals surface area contributed by atoms with E-state index >= 15 is 0 Å². The second-order valence-electron chi connectivity index (χ2n) is 13.7. The maximum Gasteiger partial charge on any atom is 0.494 e. The van der Waals surface area contributed by atoms with Crippen molar-refractivity contribution in [1.29, 1.82) is 0 Å². The number of carbonyl (C=O) groups is 2. The second-order valence-corrected chi connectivity index (χ2v) is 13.7. The Labute approximate surface area is 258 Å². The van der Waals surface area contributed by atoms with Crippen molar-refractivity contribution in [3.8, 4) is 0 Å². The van der Waals surface area contributed by atoms with Gasteiger partial charge in [0.15, 0.2) is 0 Å². The van der Waals surface area contributed by atoms with Gasteiger partial charge >= 0.3 is 14.2 Å². The molecule has 0 bridgehead atoms. The van der Waals surface area contributed by atoms with Gasteiger partial charge in [0.1, 0.15) is 5.76 Å². The number of fused-ring (bicyclic) bond motifs is 2. The summed E-state index contributed by atoms with van der Waals surface area (Å²) in [4.78, 5) is 23.7. The molecule has 0 saturated carbocycles. The zero-order valence-corrected chi connectivity index (χ0v) is 26.5. The van der Waals surface area contributed by atoms with Crippen molar-refractivity contribution < 1.29 is 32.6 Å². The molecule has 2 saturated heterocycles. The van der Waals surface area contributed by atoms with E-state index in [-0.39, 0.29) is 30.1 Å². The Morgan fingerprint density at radius 3 is 1.80 bits per heavy atom. The molecular formula is C33H38B2N2O7. The van der Waals surface area contributed by atoms with Crippen LogP contribution in [-0.4, -0.2) is 48.5 Å². The summed E-state index contributed by atoms with van der Waals surface area (Å²) >= 11 is 0. The van der Waals surface area contributed by atoms with Crippen molar-refractivity contribution in [3.05, 3.63) is 71.7 Å². The summed E-state index contributed by atoms with van der Waals surface area (Å²) in [5.41, 5.74) is 4.45. The third-order valence-electron chi connectivity index (χ3n) is 9.46. The Hall–Kier alpha value is -3.63. The molecule has 228 valence electrons. The molecule has 2 amide bonds. The summed E-state index contributed by atoms with van der Waals surface area (Å²) < 4.78 is 29.6. The first-order chi connectivity index (χ1) is 20.6. The summed E-state index contributed by atoms with van der Waals surface area (Å²) in [6, 6.07) is 15.2. The van der Waals surface area contributed by atoms with E-state index in [2.05, 4.69) is 10.6 Å². The normalized spacial score (nSPS) is 22.8. The highest BCUT2D eigenvalue weighted by molar-refractivity contribution is 6.62. The Morgan fingerprint density at radius 2 is 1.25 bits per heavy atom. The van der Waals surface area contributed by atoms with E-state index in [1.807, 2.05) is 97.9 Å². The molecule has 4 aliphatic rings. The van der Waals surface area contributed by atoms with Crippen molar-refractivity contribution in [2.75, 3.05) is 10.6 Å². The molecule has 0 aliphatic carbocycles. The molecule has 3 aromatic rings. The summed E-state index contributed by atoms with van der Waals surface area (Å²) in [5, 5.41) is 5.71. The van der Waals surface area contributed by atoms with Crippen molar-refractivity contribution in [2.45, 2.75) is 84.2 Å². The first kappa shape index (κ1) is 30.4. The molecule has 2 fully saturated rings. The van der Waals surface area contributed by atoms with Gasteiger partial charge in [-0.15, -0.1) is 0 Å². The van der Waals surface area contributed by atoms with Gasteiger partial charge in [-0.05, 0) is 102 Å². The quantitative estimate of drug-likeness (QED) is 0.338. The largest absolute Gasteiger partial charge is 0.494 e. The van der Waals surface area contributed by atoms with E-state index in [1.165, 1.54) is 0 Å². The first-order valence-electron chi connectivity index (χ1n) is 14.9. The molecule has 4 aliphatic heterocycles. The van der Waals surface area contributed by atoms with Crippen LogP contribution in [0.5, 0.6) is 0 Å². The molecule has 2 N–H and O–H groups in total. The van der Waals surface area contributed by atoms with Crippen LogP contribution in [0, 0.1) is 0 Å². The molecule has 2 aromatic carbocycles. The van der Waals surface area contributed by atoms with Crippen LogP contribution in [0.15, 0.2) is 59.2 Å². The van der Waals surface area contributed by atoms with E-state index in [9.17, 15) is 9.59 Å². The number of nitrogens with one attached hydrogen (secondary N) is 2. The summed E-state index contributed by atoms with van der Waals surface area (Å²) in [7, 11) is -0.832. The molecule has 0 atom stereocenters. The van der Waals surface area contributed by atoms with Crippen LogP contribution in [-0.2, 0) is 34.6 Å².